The summed E-state index contributed by atoms with van der Waals surface area (Å²) in [7, 11) is 1.89. The summed E-state index contributed by atoms with van der Waals surface area (Å²) in [5.74, 6) is 0.709. The van der Waals surface area contributed by atoms with Gasteiger partial charge in [0.2, 0.25) is 5.76 Å². The van der Waals surface area contributed by atoms with E-state index in [0.29, 0.717) is 30.5 Å². The van der Waals surface area contributed by atoms with Crippen molar-refractivity contribution >= 4 is 5.91 Å². The molecule has 0 aromatic carbocycles. The maximum absolute atomic E-state index is 13.4. The lowest BCUT2D eigenvalue weighted by molar-refractivity contribution is -0.0748. The second kappa shape index (κ2) is 8.05. The molecule has 0 unspecified atom stereocenters. The van der Waals surface area contributed by atoms with Crippen LogP contribution in [0.2, 0.25) is 0 Å². The van der Waals surface area contributed by atoms with Crippen LogP contribution in [-0.4, -0.2) is 69.4 Å². The number of hydrogen-bond donors (Lipinski definition) is 0. The topological polar surface area (TPSA) is 76.6 Å². The van der Waals surface area contributed by atoms with E-state index in [1.54, 1.807) is 11.6 Å². The van der Waals surface area contributed by atoms with Crippen LogP contribution in [0.4, 0.5) is 0 Å². The molecule has 0 bridgehead atoms. The fourth-order valence-corrected chi connectivity index (χ4v) is 4.36. The van der Waals surface area contributed by atoms with E-state index in [9.17, 15) is 4.79 Å². The van der Waals surface area contributed by atoms with E-state index in [2.05, 4.69) is 15.0 Å². The average Bonchev–Trinajstić information content (AvgIpc) is 3.26. The molecule has 2 atom stereocenters. The summed E-state index contributed by atoms with van der Waals surface area (Å²) in [4.78, 5) is 22.0. The Labute approximate surface area is 165 Å². The molecule has 2 aromatic heterocycles. The van der Waals surface area contributed by atoms with Crippen molar-refractivity contribution < 1.29 is 13.9 Å². The second-order valence-electron chi connectivity index (χ2n) is 7.81. The zero-order valence-electron chi connectivity index (χ0n) is 16.9. The molecule has 2 aliphatic heterocycles. The number of morpholine rings is 1. The van der Waals surface area contributed by atoms with Crippen LogP contribution in [0.25, 0.3) is 0 Å². The van der Waals surface area contributed by atoms with Gasteiger partial charge in [-0.05, 0) is 32.9 Å². The van der Waals surface area contributed by atoms with Crippen LogP contribution in [0.3, 0.4) is 0 Å². The minimum atomic E-state index is -0.193. The second-order valence-corrected chi connectivity index (χ2v) is 7.81. The van der Waals surface area contributed by atoms with E-state index in [-0.39, 0.29) is 18.1 Å². The van der Waals surface area contributed by atoms with E-state index in [1.165, 1.54) is 19.3 Å². The number of nitrogens with zero attached hydrogens (tertiary/aromatic N) is 5. The van der Waals surface area contributed by atoms with Gasteiger partial charge in [-0.25, -0.2) is 4.98 Å². The highest BCUT2D eigenvalue weighted by molar-refractivity contribution is 5.92. The molecule has 0 spiro atoms. The summed E-state index contributed by atoms with van der Waals surface area (Å²) in [5.41, 5.74) is 1.62. The lowest BCUT2D eigenvalue weighted by Crippen LogP contribution is -2.52. The lowest BCUT2D eigenvalue weighted by atomic mass is 9.99. The molecule has 2 aromatic rings. The summed E-state index contributed by atoms with van der Waals surface area (Å²) in [6.45, 7) is 7.62. The fourth-order valence-electron chi connectivity index (χ4n) is 4.36. The van der Waals surface area contributed by atoms with Gasteiger partial charge in [0.05, 0.1) is 30.6 Å². The van der Waals surface area contributed by atoms with Crippen LogP contribution in [0.5, 0.6) is 0 Å². The van der Waals surface area contributed by atoms with Crippen LogP contribution in [0, 0.1) is 13.8 Å². The van der Waals surface area contributed by atoms with E-state index < -0.39 is 0 Å². The Morgan fingerprint density at radius 2 is 2.00 bits per heavy atom. The molecular weight excluding hydrogens is 358 g/mol. The number of oxazole rings is 1. The van der Waals surface area contributed by atoms with Crippen molar-refractivity contribution in [3.63, 3.8) is 0 Å². The van der Waals surface area contributed by atoms with Crippen LogP contribution in [0.1, 0.15) is 53.0 Å². The number of piperidine rings is 1. The molecule has 8 nitrogen and oxygen atoms in total. The third-order valence-electron chi connectivity index (χ3n) is 5.66. The smallest absolute Gasteiger partial charge is 0.292 e. The molecule has 2 saturated heterocycles. The van der Waals surface area contributed by atoms with Crippen molar-refractivity contribution in [1.29, 1.82) is 0 Å². The van der Waals surface area contributed by atoms with Gasteiger partial charge in [0.25, 0.3) is 5.91 Å². The lowest BCUT2D eigenvalue weighted by Gasteiger charge is -2.42. The summed E-state index contributed by atoms with van der Waals surface area (Å²) in [6, 6.07) is -0.193. The standard InChI is InChI=1S/C20H29N5O3/c1-14-19(28-15(2)22-14)20(26)25-9-10-27-17(13-24-7-5-4-6-8-24)18(25)16-11-21-23(3)12-16/h11-12,17-18H,4-10,13H2,1-3H3/t17-,18-/m0/s1. The van der Waals surface area contributed by atoms with E-state index in [0.717, 1.165) is 25.2 Å². The Hall–Kier alpha value is -2.19. The van der Waals surface area contributed by atoms with Gasteiger partial charge in [0.1, 0.15) is 0 Å². The Morgan fingerprint density at radius 1 is 1.21 bits per heavy atom. The predicted molar refractivity (Wildman–Crippen MR) is 103 cm³/mol. The minimum Gasteiger partial charge on any atom is -0.436 e. The number of carbonyl (C=O) groups excluding carboxylic acids is 1. The molecule has 4 heterocycles. The number of aryl methyl sites for hydroxylation is 3. The highest BCUT2D eigenvalue weighted by Gasteiger charge is 2.40. The zero-order valence-corrected chi connectivity index (χ0v) is 16.9. The Kier molecular flexibility index (Phi) is 5.50. The highest BCUT2D eigenvalue weighted by atomic mass is 16.5. The van der Waals surface area contributed by atoms with Crippen molar-refractivity contribution in [2.24, 2.45) is 7.05 Å². The van der Waals surface area contributed by atoms with Crippen LogP contribution < -0.4 is 0 Å². The minimum absolute atomic E-state index is 0.0932. The quantitative estimate of drug-likeness (QED) is 0.800. The SMILES string of the molecule is Cc1nc(C)c(C(=O)N2CCO[C@@H](CN3CCCCC3)[C@@H]2c2cnn(C)c2)o1. The molecule has 0 aliphatic carbocycles. The molecule has 0 saturated carbocycles. The summed E-state index contributed by atoms with van der Waals surface area (Å²) < 4.78 is 13.6. The number of amides is 1. The molecular formula is C20H29N5O3. The zero-order chi connectivity index (χ0) is 19.7. The number of carbonyl (C=O) groups is 1. The maximum atomic E-state index is 13.4. The summed E-state index contributed by atoms with van der Waals surface area (Å²) >= 11 is 0. The van der Waals surface area contributed by atoms with Crippen LogP contribution in [0.15, 0.2) is 16.8 Å². The number of ether oxygens (including phenoxy) is 1. The van der Waals surface area contributed by atoms with Crippen LogP contribution >= 0.6 is 0 Å². The Bertz CT molecular complexity index is 824. The molecule has 1 amide bonds. The Balaban J connectivity index is 1.63. The van der Waals surface area contributed by atoms with E-state index in [1.807, 2.05) is 31.3 Å². The first kappa shape index (κ1) is 19.1. The van der Waals surface area contributed by atoms with E-state index in [4.69, 9.17) is 9.15 Å². The van der Waals surface area contributed by atoms with Crippen molar-refractivity contribution in [2.45, 2.75) is 45.3 Å². The fraction of sp³-hybridized carbons (Fsp3) is 0.650. The molecule has 152 valence electrons. The number of likely N-dealkylation sites (tertiary alicyclic amines) is 1. The first-order valence-corrected chi connectivity index (χ1v) is 10.1. The summed E-state index contributed by atoms with van der Waals surface area (Å²) in [5, 5.41) is 4.34. The van der Waals surface area contributed by atoms with Gasteiger partial charge in [-0.3, -0.25) is 9.48 Å². The van der Waals surface area contributed by atoms with Gasteiger partial charge in [0.15, 0.2) is 5.89 Å². The van der Waals surface area contributed by atoms with Gasteiger partial charge in [0, 0.05) is 38.8 Å². The van der Waals surface area contributed by atoms with Crippen LogP contribution in [-0.2, 0) is 11.8 Å². The normalized spacial score (nSPS) is 23.9. The largest absolute Gasteiger partial charge is 0.436 e. The Morgan fingerprint density at radius 3 is 2.64 bits per heavy atom. The third kappa shape index (κ3) is 3.84. The van der Waals surface area contributed by atoms with Crippen molar-refractivity contribution in [3.05, 3.63) is 35.3 Å². The van der Waals surface area contributed by atoms with Gasteiger partial charge >= 0.3 is 0 Å². The monoisotopic (exact) mass is 387 g/mol. The predicted octanol–water partition coefficient (Wildman–Crippen LogP) is 2.09. The molecule has 8 heteroatoms. The van der Waals surface area contributed by atoms with Crippen molar-refractivity contribution in [2.75, 3.05) is 32.8 Å². The molecule has 2 fully saturated rings. The molecule has 0 N–H and O–H groups in total. The van der Waals surface area contributed by atoms with Crippen molar-refractivity contribution in [3.8, 4) is 0 Å². The number of hydrogen-bond acceptors (Lipinski definition) is 6. The number of rotatable bonds is 4. The molecule has 0 radical (unpaired) electrons. The van der Waals surface area contributed by atoms with Gasteiger partial charge in [-0.2, -0.15) is 5.10 Å². The molecule has 2 aliphatic rings. The maximum Gasteiger partial charge on any atom is 0.292 e. The number of aromatic nitrogens is 3. The third-order valence-corrected chi connectivity index (χ3v) is 5.66. The highest BCUT2D eigenvalue weighted by Crippen LogP contribution is 2.32. The van der Waals surface area contributed by atoms with Crippen molar-refractivity contribution in [1.82, 2.24) is 24.6 Å². The average molecular weight is 387 g/mol. The first-order valence-electron chi connectivity index (χ1n) is 10.1. The van der Waals surface area contributed by atoms with Gasteiger partial charge in [-0.15, -0.1) is 0 Å². The first-order chi connectivity index (χ1) is 13.5. The summed E-state index contributed by atoms with van der Waals surface area (Å²) in [6.07, 6.45) is 7.46. The molecule has 4 rings (SSSR count). The van der Waals surface area contributed by atoms with Gasteiger partial charge in [-0.1, -0.05) is 6.42 Å². The van der Waals surface area contributed by atoms with Gasteiger partial charge < -0.3 is 19.0 Å². The molecule has 28 heavy (non-hydrogen) atoms. The van der Waals surface area contributed by atoms with E-state index >= 15 is 0 Å².